The number of allylic oxidation sites excluding steroid dienone is 1. The quantitative estimate of drug-likeness (QED) is 0.850. The molecule has 1 aromatic heterocycles. The smallest absolute Gasteiger partial charge is 0.0273 e. The maximum absolute atomic E-state index is 4.15. The SMILES string of the molecule is CN1CCCN(CCC2=CCc3c2cccc3-c2ccncc2)CC1. The lowest BCUT2D eigenvalue weighted by Crippen LogP contribution is -2.29. The van der Waals surface area contributed by atoms with Gasteiger partial charge in [0.15, 0.2) is 0 Å². The Morgan fingerprint density at radius 1 is 0.960 bits per heavy atom. The number of rotatable bonds is 4. The summed E-state index contributed by atoms with van der Waals surface area (Å²) in [5.41, 5.74) is 7.11. The third-order valence-corrected chi connectivity index (χ3v) is 5.58. The Morgan fingerprint density at radius 2 is 1.80 bits per heavy atom. The van der Waals surface area contributed by atoms with Gasteiger partial charge in [0.2, 0.25) is 0 Å². The number of nitrogens with zero attached hydrogens (tertiary/aromatic N) is 3. The number of benzene rings is 1. The summed E-state index contributed by atoms with van der Waals surface area (Å²) in [4.78, 5) is 9.24. The summed E-state index contributed by atoms with van der Waals surface area (Å²) < 4.78 is 0. The van der Waals surface area contributed by atoms with E-state index in [1.54, 1.807) is 0 Å². The summed E-state index contributed by atoms with van der Waals surface area (Å²) in [7, 11) is 2.24. The van der Waals surface area contributed by atoms with Crippen molar-refractivity contribution in [2.24, 2.45) is 0 Å². The molecule has 130 valence electrons. The molecule has 0 amide bonds. The van der Waals surface area contributed by atoms with Gasteiger partial charge in [-0.3, -0.25) is 4.98 Å². The molecular weight excluding hydrogens is 306 g/mol. The zero-order valence-corrected chi connectivity index (χ0v) is 15.1. The second-order valence-electron chi connectivity index (χ2n) is 7.25. The molecule has 0 saturated carbocycles. The highest BCUT2D eigenvalue weighted by Crippen LogP contribution is 2.36. The molecule has 1 aromatic carbocycles. The van der Waals surface area contributed by atoms with Crippen LogP contribution in [0.15, 0.2) is 48.8 Å². The monoisotopic (exact) mass is 333 g/mol. The molecule has 4 rings (SSSR count). The van der Waals surface area contributed by atoms with Crippen LogP contribution in [-0.2, 0) is 6.42 Å². The van der Waals surface area contributed by atoms with E-state index in [0.717, 1.165) is 12.8 Å². The van der Waals surface area contributed by atoms with Gasteiger partial charge in [-0.05, 0) is 79.4 Å². The minimum Gasteiger partial charge on any atom is -0.305 e. The molecule has 0 unspecified atom stereocenters. The van der Waals surface area contributed by atoms with Crippen LogP contribution in [0.4, 0.5) is 0 Å². The number of hydrogen-bond donors (Lipinski definition) is 0. The molecule has 0 atom stereocenters. The Hall–Kier alpha value is -1.97. The van der Waals surface area contributed by atoms with Crippen molar-refractivity contribution in [2.45, 2.75) is 19.3 Å². The van der Waals surface area contributed by atoms with Crippen LogP contribution < -0.4 is 0 Å². The number of likely N-dealkylation sites (N-methyl/N-ethyl adjacent to an activating group) is 1. The van der Waals surface area contributed by atoms with Gasteiger partial charge in [0.05, 0.1) is 0 Å². The van der Waals surface area contributed by atoms with Crippen molar-refractivity contribution in [3.05, 3.63) is 59.9 Å². The molecule has 1 fully saturated rings. The molecule has 0 bridgehead atoms. The van der Waals surface area contributed by atoms with Gasteiger partial charge in [-0.1, -0.05) is 24.3 Å². The molecule has 2 aromatic rings. The van der Waals surface area contributed by atoms with Crippen molar-refractivity contribution in [3.63, 3.8) is 0 Å². The summed E-state index contributed by atoms with van der Waals surface area (Å²) in [6.07, 6.45) is 9.72. The summed E-state index contributed by atoms with van der Waals surface area (Å²) in [6, 6.07) is 11.0. The van der Waals surface area contributed by atoms with Crippen LogP contribution in [-0.4, -0.2) is 54.6 Å². The Kier molecular flexibility index (Phi) is 4.95. The van der Waals surface area contributed by atoms with Crippen LogP contribution in [0.25, 0.3) is 16.7 Å². The first-order valence-corrected chi connectivity index (χ1v) is 9.44. The third kappa shape index (κ3) is 3.68. The van der Waals surface area contributed by atoms with Gasteiger partial charge >= 0.3 is 0 Å². The first-order valence-electron chi connectivity index (χ1n) is 9.44. The van der Waals surface area contributed by atoms with E-state index in [1.807, 2.05) is 12.4 Å². The highest BCUT2D eigenvalue weighted by molar-refractivity contribution is 5.81. The first kappa shape index (κ1) is 16.5. The van der Waals surface area contributed by atoms with Crippen molar-refractivity contribution >= 4 is 5.57 Å². The maximum Gasteiger partial charge on any atom is 0.0273 e. The van der Waals surface area contributed by atoms with Crippen molar-refractivity contribution in [2.75, 3.05) is 39.8 Å². The van der Waals surface area contributed by atoms with Gasteiger partial charge in [-0.15, -0.1) is 0 Å². The Bertz CT molecular complexity index is 751. The average Bonchev–Trinajstić information content (AvgIpc) is 2.96. The van der Waals surface area contributed by atoms with Crippen LogP contribution >= 0.6 is 0 Å². The summed E-state index contributed by atoms with van der Waals surface area (Å²) in [5, 5.41) is 0. The van der Waals surface area contributed by atoms with Crippen LogP contribution in [0, 0.1) is 0 Å². The van der Waals surface area contributed by atoms with Gasteiger partial charge in [-0.2, -0.15) is 0 Å². The van der Waals surface area contributed by atoms with Crippen LogP contribution in [0.5, 0.6) is 0 Å². The molecule has 0 spiro atoms. The van der Waals surface area contributed by atoms with Gasteiger partial charge in [0, 0.05) is 32.0 Å². The fraction of sp³-hybridized carbons (Fsp3) is 0.409. The van der Waals surface area contributed by atoms with Crippen molar-refractivity contribution in [1.29, 1.82) is 0 Å². The third-order valence-electron chi connectivity index (χ3n) is 5.58. The second-order valence-corrected chi connectivity index (χ2v) is 7.25. The first-order chi connectivity index (χ1) is 12.3. The fourth-order valence-electron chi connectivity index (χ4n) is 4.08. The Labute approximate surface area is 151 Å². The van der Waals surface area contributed by atoms with Crippen molar-refractivity contribution < 1.29 is 0 Å². The summed E-state index contributed by atoms with van der Waals surface area (Å²) >= 11 is 0. The average molecular weight is 333 g/mol. The summed E-state index contributed by atoms with van der Waals surface area (Å²) in [5.74, 6) is 0. The van der Waals surface area contributed by atoms with E-state index in [4.69, 9.17) is 0 Å². The normalized spacial score (nSPS) is 18.7. The van der Waals surface area contributed by atoms with E-state index < -0.39 is 0 Å². The van der Waals surface area contributed by atoms with Crippen LogP contribution in [0.1, 0.15) is 24.0 Å². The largest absolute Gasteiger partial charge is 0.305 e. The van der Waals surface area contributed by atoms with Crippen molar-refractivity contribution in [1.82, 2.24) is 14.8 Å². The van der Waals surface area contributed by atoms with E-state index in [1.165, 1.54) is 67.0 Å². The molecule has 1 saturated heterocycles. The number of fused-ring (bicyclic) bond motifs is 1. The highest BCUT2D eigenvalue weighted by Gasteiger charge is 2.19. The molecule has 1 aliphatic heterocycles. The molecule has 2 aliphatic rings. The molecule has 25 heavy (non-hydrogen) atoms. The highest BCUT2D eigenvalue weighted by atomic mass is 15.2. The van der Waals surface area contributed by atoms with Gasteiger partial charge in [0.1, 0.15) is 0 Å². The predicted octanol–water partition coefficient (Wildman–Crippen LogP) is 3.72. The molecule has 2 heterocycles. The lowest BCUT2D eigenvalue weighted by molar-refractivity contribution is 0.282. The van der Waals surface area contributed by atoms with E-state index in [2.05, 4.69) is 58.2 Å². The summed E-state index contributed by atoms with van der Waals surface area (Å²) in [6.45, 7) is 6.05. The lowest BCUT2D eigenvalue weighted by Gasteiger charge is -2.20. The molecular formula is C22H27N3. The number of pyridine rings is 1. The standard InChI is InChI=1S/C22H27N3/c1-24-13-3-14-25(17-16-24)15-10-18-6-7-22-20(18)4-2-5-21(22)19-8-11-23-12-9-19/h2,4-6,8-9,11-12H,3,7,10,13-17H2,1H3. The number of aromatic nitrogens is 1. The van der Waals surface area contributed by atoms with E-state index in [0.29, 0.717) is 0 Å². The predicted molar refractivity (Wildman–Crippen MR) is 105 cm³/mol. The maximum atomic E-state index is 4.15. The van der Waals surface area contributed by atoms with Gasteiger partial charge in [-0.25, -0.2) is 0 Å². The lowest BCUT2D eigenvalue weighted by atomic mass is 9.95. The molecule has 3 nitrogen and oxygen atoms in total. The Balaban J connectivity index is 1.47. The molecule has 3 heteroatoms. The fourth-order valence-corrected chi connectivity index (χ4v) is 4.08. The zero-order valence-electron chi connectivity index (χ0n) is 15.1. The van der Waals surface area contributed by atoms with Crippen molar-refractivity contribution in [3.8, 4) is 11.1 Å². The molecule has 0 N–H and O–H groups in total. The van der Waals surface area contributed by atoms with Gasteiger partial charge < -0.3 is 9.80 Å². The molecule has 0 radical (unpaired) electrons. The minimum absolute atomic E-state index is 1.06. The Morgan fingerprint density at radius 3 is 2.68 bits per heavy atom. The second kappa shape index (κ2) is 7.51. The topological polar surface area (TPSA) is 19.4 Å². The van der Waals surface area contributed by atoms with E-state index in [9.17, 15) is 0 Å². The van der Waals surface area contributed by atoms with Crippen LogP contribution in [0.2, 0.25) is 0 Å². The molecule has 1 aliphatic carbocycles. The minimum atomic E-state index is 1.06. The van der Waals surface area contributed by atoms with E-state index in [-0.39, 0.29) is 0 Å². The number of hydrogen-bond acceptors (Lipinski definition) is 3. The van der Waals surface area contributed by atoms with E-state index >= 15 is 0 Å². The van der Waals surface area contributed by atoms with Gasteiger partial charge in [0.25, 0.3) is 0 Å². The van der Waals surface area contributed by atoms with Crippen LogP contribution in [0.3, 0.4) is 0 Å². The zero-order chi connectivity index (χ0) is 17.1.